The Balaban J connectivity index is 2.53. The number of rotatable bonds is 5. The van der Waals surface area contributed by atoms with Crippen LogP contribution in [0.5, 0.6) is 0 Å². The van der Waals surface area contributed by atoms with Crippen molar-refractivity contribution >= 4 is 9.84 Å². The third-order valence-corrected chi connectivity index (χ3v) is 4.21. The Bertz CT molecular complexity index is 289. The predicted molar refractivity (Wildman–Crippen MR) is 60.5 cm³/mol. The highest BCUT2D eigenvalue weighted by atomic mass is 32.2. The molecule has 4 nitrogen and oxygen atoms in total. The summed E-state index contributed by atoms with van der Waals surface area (Å²) >= 11 is 0. The smallest absolute Gasteiger partial charge is 0.147 e. The van der Waals surface area contributed by atoms with E-state index in [2.05, 4.69) is 11.8 Å². The molecule has 0 aliphatic carbocycles. The Hall–Kier alpha value is -0.130. The van der Waals surface area contributed by atoms with Gasteiger partial charge in [0, 0.05) is 19.4 Å². The normalized spacial score (nSPS) is 25.7. The molecule has 0 bridgehead atoms. The highest BCUT2D eigenvalue weighted by molar-refractivity contribution is 7.90. The van der Waals surface area contributed by atoms with Crippen LogP contribution in [-0.4, -0.2) is 56.7 Å². The maximum atomic E-state index is 11.2. The third-order valence-electron chi connectivity index (χ3n) is 3.17. The molecule has 5 heteroatoms. The average Bonchev–Trinajstić information content (AvgIpc) is 2.60. The molecular formula is C10H21NO3S. The average molecular weight is 235 g/mol. The summed E-state index contributed by atoms with van der Waals surface area (Å²) in [6.45, 7) is 5.05. The van der Waals surface area contributed by atoms with Crippen molar-refractivity contribution in [3.05, 3.63) is 0 Å². The first kappa shape index (κ1) is 12.9. The molecular weight excluding hydrogens is 214 g/mol. The maximum absolute atomic E-state index is 11.2. The molecule has 0 aromatic carbocycles. The van der Waals surface area contributed by atoms with E-state index < -0.39 is 9.84 Å². The number of sulfone groups is 1. The zero-order valence-corrected chi connectivity index (χ0v) is 10.3. The van der Waals surface area contributed by atoms with E-state index >= 15 is 0 Å². The van der Waals surface area contributed by atoms with E-state index in [1.807, 2.05) is 0 Å². The molecule has 0 radical (unpaired) electrons. The highest BCUT2D eigenvalue weighted by Crippen LogP contribution is 2.24. The monoisotopic (exact) mass is 235 g/mol. The summed E-state index contributed by atoms with van der Waals surface area (Å²) in [5, 5.41) is 9.23. The van der Waals surface area contributed by atoms with Crippen molar-refractivity contribution in [2.24, 2.45) is 11.8 Å². The minimum atomic E-state index is -2.98. The van der Waals surface area contributed by atoms with Crippen LogP contribution < -0.4 is 0 Å². The Kier molecular flexibility index (Phi) is 4.55. The van der Waals surface area contributed by atoms with Crippen molar-refractivity contribution in [3.8, 4) is 0 Å². The lowest BCUT2D eigenvalue weighted by molar-refractivity contribution is 0.189. The van der Waals surface area contributed by atoms with Crippen molar-refractivity contribution in [1.29, 1.82) is 0 Å². The van der Waals surface area contributed by atoms with Gasteiger partial charge in [-0.15, -0.1) is 0 Å². The molecule has 0 saturated carbocycles. The van der Waals surface area contributed by atoms with Gasteiger partial charge in [-0.3, -0.25) is 0 Å². The Morgan fingerprint density at radius 2 is 2.20 bits per heavy atom. The number of hydrogen-bond acceptors (Lipinski definition) is 4. The molecule has 0 aromatic rings. The summed E-state index contributed by atoms with van der Waals surface area (Å²) in [4.78, 5) is 2.30. The summed E-state index contributed by atoms with van der Waals surface area (Å²) in [5.74, 6) is 0.368. The molecule has 0 amide bonds. The van der Waals surface area contributed by atoms with Gasteiger partial charge in [0.05, 0.1) is 5.75 Å². The number of nitrogens with zero attached hydrogens (tertiary/aromatic N) is 1. The van der Waals surface area contributed by atoms with Gasteiger partial charge in [-0.05, 0) is 31.3 Å². The summed E-state index contributed by atoms with van der Waals surface area (Å²) in [6.07, 6.45) is 2.25. The summed E-state index contributed by atoms with van der Waals surface area (Å²) in [5.41, 5.74) is 0. The van der Waals surface area contributed by atoms with E-state index in [0.29, 0.717) is 5.92 Å². The van der Waals surface area contributed by atoms with Gasteiger partial charge >= 0.3 is 0 Å². The van der Waals surface area contributed by atoms with Crippen molar-refractivity contribution in [2.45, 2.75) is 13.3 Å². The van der Waals surface area contributed by atoms with Gasteiger partial charge < -0.3 is 10.0 Å². The fourth-order valence-electron chi connectivity index (χ4n) is 2.26. The maximum Gasteiger partial charge on any atom is 0.147 e. The lowest BCUT2D eigenvalue weighted by atomic mass is 9.94. The lowest BCUT2D eigenvalue weighted by Gasteiger charge is -2.20. The van der Waals surface area contributed by atoms with Crippen LogP contribution >= 0.6 is 0 Å². The van der Waals surface area contributed by atoms with Crippen LogP contribution in [0.25, 0.3) is 0 Å². The molecule has 1 heterocycles. The second-order valence-corrected chi connectivity index (χ2v) is 6.66. The molecule has 1 aliphatic rings. The molecule has 0 spiro atoms. The fourth-order valence-corrected chi connectivity index (χ4v) is 3.42. The van der Waals surface area contributed by atoms with Crippen molar-refractivity contribution in [3.63, 3.8) is 0 Å². The second-order valence-electron chi connectivity index (χ2n) is 4.48. The topological polar surface area (TPSA) is 57.6 Å². The van der Waals surface area contributed by atoms with Gasteiger partial charge in [0.25, 0.3) is 0 Å². The molecule has 1 rings (SSSR count). The third kappa shape index (κ3) is 4.09. The van der Waals surface area contributed by atoms with Crippen molar-refractivity contribution in [2.75, 3.05) is 38.2 Å². The fraction of sp³-hybridized carbons (Fsp3) is 1.00. The molecule has 1 N–H and O–H groups in total. The SMILES string of the molecule is CCN1CCC(C(CO)CS(C)(=O)=O)C1. The minimum Gasteiger partial charge on any atom is -0.396 e. The van der Waals surface area contributed by atoms with Gasteiger partial charge in [0.2, 0.25) is 0 Å². The van der Waals surface area contributed by atoms with Crippen LogP contribution in [0, 0.1) is 11.8 Å². The quantitative estimate of drug-likeness (QED) is 0.728. The molecule has 1 saturated heterocycles. The van der Waals surface area contributed by atoms with Crippen LogP contribution in [-0.2, 0) is 9.84 Å². The highest BCUT2D eigenvalue weighted by Gasteiger charge is 2.30. The van der Waals surface area contributed by atoms with Crippen LogP contribution in [0.1, 0.15) is 13.3 Å². The van der Waals surface area contributed by atoms with Crippen LogP contribution in [0.15, 0.2) is 0 Å². The first-order chi connectivity index (χ1) is 6.96. The van der Waals surface area contributed by atoms with E-state index in [0.717, 1.165) is 26.1 Å². The molecule has 0 aromatic heterocycles. The summed E-state index contributed by atoms with van der Waals surface area (Å²) in [6, 6.07) is 0. The Labute approximate surface area is 92.2 Å². The molecule has 2 atom stereocenters. The van der Waals surface area contributed by atoms with Crippen molar-refractivity contribution < 1.29 is 13.5 Å². The Morgan fingerprint density at radius 3 is 2.60 bits per heavy atom. The van der Waals surface area contributed by atoms with Gasteiger partial charge in [-0.25, -0.2) is 8.42 Å². The van der Waals surface area contributed by atoms with Crippen LogP contribution in [0.4, 0.5) is 0 Å². The zero-order chi connectivity index (χ0) is 11.5. The van der Waals surface area contributed by atoms with Crippen LogP contribution in [0.3, 0.4) is 0 Å². The Morgan fingerprint density at radius 1 is 1.53 bits per heavy atom. The van der Waals surface area contributed by atoms with Gasteiger partial charge in [-0.1, -0.05) is 6.92 Å². The summed E-state index contributed by atoms with van der Waals surface area (Å²) < 4.78 is 22.4. The molecule has 1 aliphatic heterocycles. The predicted octanol–water partition coefficient (Wildman–Crippen LogP) is -0.0187. The van der Waals surface area contributed by atoms with Gasteiger partial charge in [-0.2, -0.15) is 0 Å². The number of aliphatic hydroxyl groups excluding tert-OH is 1. The van der Waals surface area contributed by atoms with E-state index in [1.54, 1.807) is 0 Å². The molecule has 90 valence electrons. The van der Waals surface area contributed by atoms with E-state index in [1.165, 1.54) is 6.26 Å². The first-order valence-electron chi connectivity index (χ1n) is 5.47. The summed E-state index contributed by atoms with van der Waals surface area (Å²) in [7, 11) is -2.98. The van der Waals surface area contributed by atoms with Gasteiger partial charge in [0.15, 0.2) is 0 Å². The second kappa shape index (κ2) is 5.27. The lowest BCUT2D eigenvalue weighted by Crippen LogP contribution is -2.29. The van der Waals surface area contributed by atoms with Crippen molar-refractivity contribution in [1.82, 2.24) is 4.90 Å². The van der Waals surface area contributed by atoms with E-state index in [9.17, 15) is 13.5 Å². The molecule has 2 unspecified atom stereocenters. The molecule has 15 heavy (non-hydrogen) atoms. The van der Waals surface area contributed by atoms with Crippen LogP contribution in [0.2, 0.25) is 0 Å². The standard InChI is InChI=1S/C10H21NO3S/c1-3-11-5-4-9(6-11)10(7-12)8-15(2,13)14/h9-10,12H,3-8H2,1-2H3. The van der Waals surface area contributed by atoms with Gasteiger partial charge in [0.1, 0.15) is 9.84 Å². The number of hydrogen-bond donors (Lipinski definition) is 1. The zero-order valence-electron chi connectivity index (χ0n) is 9.52. The first-order valence-corrected chi connectivity index (χ1v) is 7.53. The largest absolute Gasteiger partial charge is 0.396 e. The number of likely N-dealkylation sites (tertiary alicyclic amines) is 1. The van der Waals surface area contributed by atoms with E-state index in [4.69, 9.17) is 0 Å². The number of aliphatic hydroxyl groups is 1. The van der Waals surface area contributed by atoms with E-state index in [-0.39, 0.29) is 18.3 Å². The minimum absolute atomic E-state index is 0.0186. The molecule has 1 fully saturated rings.